The lowest BCUT2D eigenvalue weighted by Crippen LogP contribution is -2.25. The molecular weight excluding hydrogens is 373 g/mol. The Hall–Kier alpha value is -2.78. The number of aromatic nitrogens is 2. The summed E-state index contributed by atoms with van der Waals surface area (Å²) in [7, 11) is -2.30. The Morgan fingerprint density at radius 3 is 2.44 bits per heavy atom. The van der Waals surface area contributed by atoms with Gasteiger partial charge in [-0.25, -0.2) is 17.5 Å². The van der Waals surface area contributed by atoms with Crippen LogP contribution in [0.2, 0.25) is 0 Å². The summed E-state index contributed by atoms with van der Waals surface area (Å²) < 4.78 is 52.1. The number of halogens is 1. The van der Waals surface area contributed by atoms with Crippen LogP contribution in [0.15, 0.2) is 45.7 Å². The van der Waals surface area contributed by atoms with Crippen LogP contribution in [0.1, 0.15) is 17.0 Å². The Morgan fingerprint density at radius 1 is 1.15 bits per heavy atom. The number of nitrogens with one attached hydrogen (secondary N) is 1. The lowest BCUT2D eigenvalue weighted by Gasteiger charge is -2.13. The Morgan fingerprint density at radius 2 is 1.81 bits per heavy atom. The molecule has 2 aromatic carbocycles. The number of hydrogen-bond donors (Lipinski definition) is 1. The van der Waals surface area contributed by atoms with E-state index in [0.29, 0.717) is 16.9 Å². The van der Waals surface area contributed by atoms with E-state index in [1.807, 2.05) is 0 Å². The van der Waals surface area contributed by atoms with Crippen molar-refractivity contribution in [3.63, 3.8) is 0 Å². The second-order valence-electron chi connectivity index (χ2n) is 5.90. The zero-order chi connectivity index (χ0) is 19.6. The number of sulfonamides is 1. The van der Waals surface area contributed by atoms with E-state index < -0.39 is 15.8 Å². The molecule has 0 bridgehead atoms. The van der Waals surface area contributed by atoms with Crippen molar-refractivity contribution in [2.24, 2.45) is 0 Å². The van der Waals surface area contributed by atoms with Crippen LogP contribution < -0.4 is 9.46 Å². The minimum atomic E-state index is -3.82. The van der Waals surface area contributed by atoms with Crippen LogP contribution in [0.3, 0.4) is 0 Å². The lowest BCUT2D eigenvalue weighted by atomic mass is 10.1. The molecule has 7 nitrogen and oxygen atoms in total. The van der Waals surface area contributed by atoms with Crippen molar-refractivity contribution in [1.29, 1.82) is 0 Å². The maximum Gasteiger partial charge on any atom is 0.250 e. The molecule has 0 amide bonds. The van der Waals surface area contributed by atoms with Crippen LogP contribution >= 0.6 is 0 Å². The quantitative estimate of drug-likeness (QED) is 0.694. The largest absolute Gasteiger partial charge is 0.497 e. The van der Waals surface area contributed by atoms with Crippen LogP contribution in [-0.2, 0) is 16.6 Å². The Labute approximate surface area is 156 Å². The fraction of sp³-hybridized carbons (Fsp3) is 0.222. The topological polar surface area (TPSA) is 94.3 Å². The minimum absolute atomic E-state index is 0.0147. The van der Waals surface area contributed by atoms with Crippen LogP contribution in [0, 0.1) is 19.7 Å². The van der Waals surface area contributed by atoms with Gasteiger partial charge in [-0.1, -0.05) is 12.1 Å². The molecule has 0 unspecified atom stereocenters. The molecule has 0 atom stereocenters. The first-order chi connectivity index (χ1) is 12.8. The maximum atomic E-state index is 13.8. The summed E-state index contributed by atoms with van der Waals surface area (Å²) in [4.78, 5) is 0.164. The average molecular weight is 391 g/mol. The van der Waals surface area contributed by atoms with Crippen molar-refractivity contribution in [2.75, 3.05) is 7.11 Å². The molecule has 0 spiro atoms. The second kappa shape index (κ2) is 7.45. The smallest absolute Gasteiger partial charge is 0.250 e. The normalized spacial score (nSPS) is 11.6. The standard InChI is InChI=1S/C18H18FN3O4S/c1-11-8-13(25-3)9-12(2)17(11)27(23,24)20-10-16-21-22-18(26-16)14-6-4-5-7-15(14)19/h4-9,20H,10H2,1-3H3. The Balaban J connectivity index is 1.80. The van der Waals surface area contributed by atoms with Crippen molar-refractivity contribution < 1.29 is 22.0 Å². The molecule has 0 radical (unpaired) electrons. The molecule has 0 saturated carbocycles. The van der Waals surface area contributed by atoms with E-state index in [9.17, 15) is 12.8 Å². The van der Waals surface area contributed by atoms with E-state index in [2.05, 4.69) is 14.9 Å². The SMILES string of the molecule is COc1cc(C)c(S(=O)(=O)NCc2nnc(-c3ccccc3F)o2)c(C)c1. The Bertz CT molecular complexity index is 1060. The van der Waals surface area contributed by atoms with Gasteiger partial charge in [0.2, 0.25) is 15.9 Å². The molecule has 9 heteroatoms. The highest BCUT2D eigenvalue weighted by Gasteiger charge is 2.22. The van der Waals surface area contributed by atoms with E-state index in [1.54, 1.807) is 38.1 Å². The summed E-state index contributed by atoms with van der Waals surface area (Å²) in [6, 6.07) is 9.25. The first-order valence-electron chi connectivity index (χ1n) is 8.04. The van der Waals surface area contributed by atoms with Crippen LogP contribution in [0.4, 0.5) is 4.39 Å². The first kappa shape index (κ1) is 19.0. The average Bonchev–Trinajstić information content (AvgIpc) is 3.08. The van der Waals surface area contributed by atoms with Crippen molar-refractivity contribution in [2.45, 2.75) is 25.3 Å². The van der Waals surface area contributed by atoms with Crippen LogP contribution in [0.25, 0.3) is 11.5 Å². The third kappa shape index (κ3) is 3.99. The number of methoxy groups -OCH3 is 1. The summed E-state index contributed by atoms with van der Waals surface area (Å²) in [5, 5.41) is 7.54. The van der Waals surface area contributed by atoms with Gasteiger partial charge in [-0.3, -0.25) is 0 Å². The van der Waals surface area contributed by atoms with Gasteiger partial charge in [0.05, 0.1) is 24.1 Å². The molecule has 1 heterocycles. The minimum Gasteiger partial charge on any atom is -0.497 e. The molecule has 0 fully saturated rings. The second-order valence-corrected chi connectivity index (χ2v) is 7.60. The molecule has 1 aromatic heterocycles. The van der Waals surface area contributed by atoms with Gasteiger partial charge in [-0.05, 0) is 49.2 Å². The number of ether oxygens (including phenoxy) is 1. The fourth-order valence-corrected chi connectivity index (χ4v) is 4.17. The molecule has 142 valence electrons. The first-order valence-corrected chi connectivity index (χ1v) is 9.52. The zero-order valence-corrected chi connectivity index (χ0v) is 15.8. The van der Waals surface area contributed by atoms with E-state index >= 15 is 0 Å². The predicted octanol–water partition coefficient (Wildman–Crippen LogP) is 2.98. The molecule has 0 saturated heterocycles. The molecule has 0 aliphatic carbocycles. The van der Waals surface area contributed by atoms with E-state index in [1.165, 1.54) is 19.2 Å². The summed E-state index contributed by atoms with van der Waals surface area (Å²) >= 11 is 0. The molecule has 3 aromatic rings. The van der Waals surface area contributed by atoms with Crippen molar-refractivity contribution in [1.82, 2.24) is 14.9 Å². The zero-order valence-electron chi connectivity index (χ0n) is 15.0. The molecule has 0 aliphatic heterocycles. The third-order valence-corrected chi connectivity index (χ3v) is 5.63. The highest BCUT2D eigenvalue weighted by Crippen LogP contribution is 2.26. The summed E-state index contributed by atoms with van der Waals surface area (Å²) in [6.45, 7) is 3.16. The molecule has 3 rings (SSSR count). The van der Waals surface area contributed by atoms with Crippen LogP contribution in [0.5, 0.6) is 5.75 Å². The van der Waals surface area contributed by atoms with Gasteiger partial charge in [0, 0.05) is 0 Å². The van der Waals surface area contributed by atoms with E-state index in [-0.39, 0.29) is 28.8 Å². The molecule has 1 N–H and O–H groups in total. The fourth-order valence-electron chi connectivity index (χ4n) is 2.75. The van der Waals surface area contributed by atoms with Gasteiger partial charge in [-0.15, -0.1) is 10.2 Å². The number of nitrogens with zero attached hydrogens (tertiary/aromatic N) is 2. The monoisotopic (exact) mass is 391 g/mol. The maximum absolute atomic E-state index is 13.8. The number of aryl methyl sites for hydroxylation is 2. The van der Waals surface area contributed by atoms with Gasteiger partial charge in [0.1, 0.15) is 11.6 Å². The molecule has 27 heavy (non-hydrogen) atoms. The summed E-state index contributed by atoms with van der Waals surface area (Å²) in [5.41, 5.74) is 1.26. The third-order valence-electron chi connectivity index (χ3n) is 3.92. The van der Waals surface area contributed by atoms with Gasteiger partial charge >= 0.3 is 0 Å². The highest BCUT2D eigenvalue weighted by atomic mass is 32.2. The summed E-state index contributed by atoms with van der Waals surface area (Å²) in [6.07, 6.45) is 0. The molecule has 0 aliphatic rings. The number of benzene rings is 2. The molecular formula is C18H18FN3O4S. The van der Waals surface area contributed by atoms with Gasteiger partial charge < -0.3 is 9.15 Å². The highest BCUT2D eigenvalue weighted by molar-refractivity contribution is 7.89. The predicted molar refractivity (Wildman–Crippen MR) is 96.2 cm³/mol. The van der Waals surface area contributed by atoms with Gasteiger partial charge in [-0.2, -0.15) is 0 Å². The van der Waals surface area contributed by atoms with Gasteiger partial charge in [0.25, 0.3) is 5.89 Å². The van der Waals surface area contributed by atoms with Crippen molar-refractivity contribution >= 4 is 10.0 Å². The number of rotatable bonds is 6. The van der Waals surface area contributed by atoms with Crippen molar-refractivity contribution in [3.8, 4) is 17.2 Å². The van der Waals surface area contributed by atoms with E-state index in [4.69, 9.17) is 9.15 Å². The van der Waals surface area contributed by atoms with Gasteiger partial charge in [0.15, 0.2) is 0 Å². The summed E-state index contributed by atoms with van der Waals surface area (Å²) in [5.74, 6) is 0.0906. The van der Waals surface area contributed by atoms with Crippen LogP contribution in [-0.4, -0.2) is 25.7 Å². The van der Waals surface area contributed by atoms with Crippen molar-refractivity contribution in [3.05, 3.63) is 59.2 Å². The Kier molecular flexibility index (Phi) is 5.24. The lowest BCUT2D eigenvalue weighted by molar-refractivity contribution is 0.413. The van der Waals surface area contributed by atoms with E-state index in [0.717, 1.165) is 0 Å². The number of hydrogen-bond acceptors (Lipinski definition) is 6.